The lowest BCUT2D eigenvalue weighted by Crippen LogP contribution is -2.29. The summed E-state index contributed by atoms with van der Waals surface area (Å²) in [4.78, 5) is 6.73. The molecule has 0 aliphatic carbocycles. The van der Waals surface area contributed by atoms with E-state index in [4.69, 9.17) is 15.3 Å². The van der Waals surface area contributed by atoms with Gasteiger partial charge < -0.3 is 20.2 Å². The zero-order valence-corrected chi connectivity index (χ0v) is 10.9. The fraction of sp³-hybridized carbons (Fsp3) is 0.500. The van der Waals surface area contributed by atoms with Crippen molar-refractivity contribution in [2.45, 2.75) is 31.7 Å². The van der Waals surface area contributed by atoms with E-state index in [-0.39, 0.29) is 6.61 Å². The molecule has 1 fully saturated rings. The largest absolute Gasteiger partial charge is 0.423 e. The van der Waals surface area contributed by atoms with Crippen LogP contribution in [0.25, 0.3) is 11.1 Å². The van der Waals surface area contributed by atoms with Gasteiger partial charge in [0.1, 0.15) is 5.52 Å². The van der Waals surface area contributed by atoms with Crippen LogP contribution in [0.1, 0.15) is 25.7 Å². The van der Waals surface area contributed by atoms with Crippen LogP contribution in [-0.2, 0) is 0 Å². The fourth-order valence-corrected chi connectivity index (χ4v) is 2.80. The summed E-state index contributed by atoms with van der Waals surface area (Å²) in [6, 6.07) is 6.68. The Hall–Kier alpha value is -1.75. The van der Waals surface area contributed by atoms with Crippen molar-refractivity contribution in [1.82, 2.24) is 4.98 Å². The van der Waals surface area contributed by atoms with Crippen molar-refractivity contribution in [3.8, 4) is 0 Å². The van der Waals surface area contributed by atoms with Crippen molar-refractivity contribution in [2.75, 3.05) is 23.8 Å². The van der Waals surface area contributed by atoms with Crippen molar-refractivity contribution in [2.24, 2.45) is 0 Å². The number of aliphatic hydroxyl groups is 1. The van der Waals surface area contributed by atoms with Gasteiger partial charge in [-0.15, -0.1) is 0 Å². The van der Waals surface area contributed by atoms with Crippen molar-refractivity contribution in [1.29, 1.82) is 0 Å². The van der Waals surface area contributed by atoms with Crippen LogP contribution in [0, 0.1) is 0 Å². The summed E-state index contributed by atoms with van der Waals surface area (Å²) in [5, 5.41) is 8.96. The molecule has 102 valence electrons. The SMILES string of the molecule is Nc1cccc2oc(N3CCCC3CCCO)nc12. The molecule has 2 aromatic rings. The van der Waals surface area contributed by atoms with E-state index in [0.29, 0.717) is 17.7 Å². The Morgan fingerprint density at radius 3 is 3.16 bits per heavy atom. The molecule has 3 N–H and O–H groups in total. The van der Waals surface area contributed by atoms with Crippen LogP contribution in [0.2, 0.25) is 0 Å². The second-order valence-corrected chi connectivity index (χ2v) is 5.05. The molecule has 5 heteroatoms. The molecule has 0 spiro atoms. The third kappa shape index (κ3) is 2.26. The summed E-state index contributed by atoms with van der Waals surface area (Å²) >= 11 is 0. The number of aliphatic hydroxyl groups excluding tert-OH is 1. The van der Waals surface area contributed by atoms with Gasteiger partial charge in [0.2, 0.25) is 0 Å². The van der Waals surface area contributed by atoms with E-state index in [1.54, 1.807) is 0 Å². The molecule has 0 radical (unpaired) electrons. The van der Waals surface area contributed by atoms with E-state index in [1.807, 2.05) is 18.2 Å². The average Bonchev–Trinajstić information content (AvgIpc) is 3.02. The summed E-state index contributed by atoms with van der Waals surface area (Å²) in [5.41, 5.74) is 8.04. The number of nitrogens with zero attached hydrogens (tertiary/aromatic N) is 2. The van der Waals surface area contributed by atoms with E-state index >= 15 is 0 Å². The molecule has 0 amide bonds. The number of hydrogen-bond acceptors (Lipinski definition) is 5. The standard InChI is InChI=1S/C14H19N3O2/c15-11-6-1-7-12-13(11)16-14(19-12)17-8-2-4-10(17)5-3-9-18/h1,6-7,10,18H,2-5,8-9,15H2. The van der Waals surface area contributed by atoms with Gasteiger partial charge in [0.25, 0.3) is 6.01 Å². The Bertz CT molecular complexity index is 567. The van der Waals surface area contributed by atoms with Crippen LogP contribution in [0.3, 0.4) is 0 Å². The van der Waals surface area contributed by atoms with Gasteiger partial charge in [-0.2, -0.15) is 4.98 Å². The van der Waals surface area contributed by atoms with Crippen molar-refractivity contribution in [3.63, 3.8) is 0 Å². The fourth-order valence-electron chi connectivity index (χ4n) is 2.80. The number of fused-ring (bicyclic) bond motifs is 1. The first kappa shape index (κ1) is 12.3. The molecular formula is C14H19N3O2. The minimum absolute atomic E-state index is 0.241. The van der Waals surface area contributed by atoms with Crippen LogP contribution in [-0.4, -0.2) is 29.3 Å². The molecular weight excluding hydrogens is 242 g/mol. The van der Waals surface area contributed by atoms with Crippen LogP contribution in [0.5, 0.6) is 0 Å². The number of hydrogen-bond donors (Lipinski definition) is 2. The molecule has 3 rings (SSSR count). The van der Waals surface area contributed by atoms with Gasteiger partial charge >= 0.3 is 0 Å². The Labute approximate surface area is 112 Å². The topological polar surface area (TPSA) is 75.5 Å². The zero-order valence-electron chi connectivity index (χ0n) is 10.9. The van der Waals surface area contributed by atoms with E-state index < -0.39 is 0 Å². The number of aromatic nitrogens is 1. The van der Waals surface area contributed by atoms with E-state index in [0.717, 1.165) is 43.3 Å². The quantitative estimate of drug-likeness (QED) is 0.825. The lowest BCUT2D eigenvalue weighted by molar-refractivity contribution is 0.279. The monoisotopic (exact) mass is 261 g/mol. The molecule has 1 aromatic carbocycles. The number of benzene rings is 1. The highest BCUT2D eigenvalue weighted by Gasteiger charge is 2.28. The van der Waals surface area contributed by atoms with Gasteiger partial charge in [0, 0.05) is 19.2 Å². The minimum Gasteiger partial charge on any atom is -0.423 e. The lowest BCUT2D eigenvalue weighted by atomic mass is 10.1. The average molecular weight is 261 g/mol. The van der Waals surface area contributed by atoms with Gasteiger partial charge in [-0.25, -0.2) is 0 Å². The lowest BCUT2D eigenvalue weighted by Gasteiger charge is -2.22. The first-order chi connectivity index (χ1) is 9.29. The number of nitrogens with two attached hydrogens (primary N) is 1. The Morgan fingerprint density at radius 1 is 1.47 bits per heavy atom. The second-order valence-electron chi connectivity index (χ2n) is 5.05. The maximum atomic E-state index is 8.96. The Kier molecular flexibility index (Phi) is 3.29. The summed E-state index contributed by atoms with van der Waals surface area (Å²) in [7, 11) is 0. The molecule has 0 bridgehead atoms. The highest BCUT2D eigenvalue weighted by Crippen LogP contribution is 2.31. The molecule has 1 aromatic heterocycles. The summed E-state index contributed by atoms with van der Waals surface area (Å²) < 4.78 is 5.82. The Balaban J connectivity index is 1.88. The highest BCUT2D eigenvalue weighted by molar-refractivity contribution is 5.86. The normalized spacial score (nSPS) is 19.4. The third-order valence-corrected chi connectivity index (χ3v) is 3.76. The smallest absolute Gasteiger partial charge is 0.298 e. The molecule has 5 nitrogen and oxygen atoms in total. The zero-order chi connectivity index (χ0) is 13.2. The van der Waals surface area contributed by atoms with Gasteiger partial charge in [-0.05, 0) is 37.8 Å². The summed E-state index contributed by atoms with van der Waals surface area (Å²) in [5.74, 6) is 0. The maximum absolute atomic E-state index is 8.96. The third-order valence-electron chi connectivity index (χ3n) is 3.76. The van der Waals surface area contributed by atoms with E-state index in [1.165, 1.54) is 0 Å². The first-order valence-electron chi connectivity index (χ1n) is 6.82. The van der Waals surface area contributed by atoms with Crippen molar-refractivity contribution in [3.05, 3.63) is 18.2 Å². The number of nitrogen functional groups attached to an aromatic ring is 1. The molecule has 1 saturated heterocycles. The highest BCUT2D eigenvalue weighted by atomic mass is 16.4. The molecule has 1 aliphatic rings. The number of anilines is 2. The minimum atomic E-state index is 0.241. The summed E-state index contributed by atoms with van der Waals surface area (Å²) in [6.45, 7) is 1.20. The van der Waals surface area contributed by atoms with Crippen LogP contribution < -0.4 is 10.6 Å². The van der Waals surface area contributed by atoms with Gasteiger partial charge in [0.05, 0.1) is 5.69 Å². The maximum Gasteiger partial charge on any atom is 0.298 e. The van der Waals surface area contributed by atoms with Gasteiger partial charge in [-0.3, -0.25) is 0 Å². The van der Waals surface area contributed by atoms with Crippen LogP contribution in [0.4, 0.5) is 11.7 Å². The molecule has 2 heterocycles. The van der Waals surface area contributed by atoms with Crippen LogP contribution >= 0.6 is 0 Å². The first-order valence-corrected chi connectivity index (χ1v) is 6.82. The predicted molar refractivity (Wildman–Crippen MR) is 75.1 cm³/mol. The molecule has 1 aliphatic heterocycles. The molecule has 1 atom stereocenters. The van der Waals surface area contributed by atoms with Crippen molar-refractivity contribution < 1.29 is 9.52 Å². The predicted octanol–water partition coefficient (Wildman–Crippen LogP) is 2.15. The number of oxazole rings is 1. The number of para-hydroxylation sites is 1. The van der Waals surface area contributed by atoms with Gasteiger partial charge in [0.15, 0.2) is 5.58 Å². The second kappa shape index (κ2) is 5.09. The molecule has 1 unspecified atom stereocenters. The van der Waals surface area contributed by atoms with E-state index in [9.17, 15) is 0 Å². The Morgan fingerprint density at radius 2 is 2.37 bits per heavy atom. The van der Waals surface area contributed by atoms with Crippen LogP contribution in [0.15, 0.2) is 22.6 Å². The van der Waals surface area contributed by atoms with E-state index in [2.05, 4.69) is 9.88 Å². The van der Waals surface area contributed by atoms with Gasteiger partial charge in [-0.1, -0.05) is 6.07 Å². The summed E-state index contributed by atoms with van der Waals surface area (Å²) in [6.07, 6.45) is 4.08. The molecule has 19 heavy (non-hydrogen) atoms. The molecule has 0 saturated carbocycles. The van der Waals surface area contributed by atoms with Crippen molar-refractivity contribution >= 4 is 22.8 Å². The number of rotatable bonds is 4.